The van der Waals surface area contributed by atoms with Crippen molar-refractivity contribution in [2.45, 2.75) is 115 Å². The van der Waals surface area contributed by atoms with E-state index in [1.807, 2.05) is 0 Å². The fraction of sp³-hybridized carbons (Fsp3) is 0.872. The number of nitrogen functional groups attached to an aromatic ring is 1. The number of azide groups is 1. The largest absolute Gasteiger partial charge is 0.414 e. The van der Waals surface area contributed by atoms with E-state index in [-0.39, 0.29) is 34.7 Å². The zero-order valence-electron chi connectivity index (χ0n) is 45.0. The third-order valence-electron chi connectivity index (χ3n) is 12.5. The summed E-state index contributed by atoms with van der Waals surface area (Å²) in [5, 5.41) is 3.27. The second-order valence-electron chi connectivity index (χ2n) is 20.1. The molecule has 1 aliphatic heterocycles. The zero-order chi connectivity index (χ0) is 52.7. The van der Waals surface area contributed by atoms with E-state index in [0.29, 0.717) is 163 Å². The van der Waals surface area contributed by atoms with Gasteiger partial charge in [0.15, 0.2) is 40.1 Å². The SMILES string of the molecule is CC(C)(C)[Si](C)(C)OC[C@H]1O[C@@H](n2cnc3c(N)ncnc32)[C@H](OCC(=O)CCCOCCOCCOCCOCCOCCOCCOCCOCCOCCOCCN=[N+]=[N-])[C@@H]1O[Si](C)(C)C(C)(C)C. The Balaban J connectivity index is 1.22. The van der Waals surface area contributed by atoms with E-state index in [0.717, 1.165) is 0 Å². The second kappa shape index (κ2) is 34.7. The van der Waals surface area contributed by atoms with Gasteiger partial charge < -0.3 is 71.4 Å². The van der Waals surface area contributed by atoms with Crippen LogP contribution in [0.1, 0.15) is 60.6 Å². The van der Waals surface area contributed by atoms with E-state index in [4.69, 9.17) is 77.0 Å². The first-order chi connectivity index (χ1) is 34.4. The molecule has 72 heavy (non-hydrogen) atoms. The summed E-state index contributed by atoms with van der Waals surface area (Å²) in [7, 11) is -4.55. The highest BCUT2D eigenvalue weighted by atomic mass is 28.4. The quantitative estimate of drug-likeness (QED) is 0.0265. The Morgan fingerprint density at radius 2 is 1.11 bits per heavy atom. The number of nitrogens with zero attached hydrogens (tertiary/aromatic N) is 7. The molecule has 0 amide bonds. The Morgan fingerprint density at radius 1 is 0.667 bits per heavy atom. The molecule has 0 spiro atoms. The summed E-state index contributed by atoms with van der Waals surface area (Å²) in [4.78, 5) is 29.1. The molecule has 2 aromatic heterocycles. The Bertz CT molecular complexity index is 1820. The predicted molar refractivity (Wildman–Crippen MR) is 275 cm³/mol. The number of carbonyl (C=O) groups is 1. The van der Waals surface area contributed by atoms with Gasteiger partial charge in [-0.2, -0.15) is 0 Å². The van der Waals surface area contributed by atoms with Crippen molar-refractivity contribution in [1.29, 1.82) is 0 Å². The van der Waals surface area contributed by atoms with E-state index < -0.39 is 41.2 Å². The molecule has 414 valence electrons. The molecule has 3 heterocycles. The van der Waals surface area contributed by atoms with E-state index in [9.17, 15) is 4.79 Å². The fourth-order valence-electron chi connectivity index (χ4n) is 6.33. The maximum Gasteiger partial charge on any atom is 0.192 e. The van der Waals surface area contributed by atoms with Gasteiger partial charge in [0.05, 0.1) is 138 Å². The van der Waals surface area contributed by atoms with Crippen molar-refractivity contribution in [3.63, 3.8) is 0 Å². The van der Waals surface area contributed by atoms with Crippen LogP contribution < -0.4 is 5.73 Å². The number of carbonyl (C=O) groups excluding carboxylic acids is 1. The number of hydrogen-bond donors (Lipinski definition) is 1. The van der Waals surface area contributed by atoms with Gasteiger partial charge in [0, 0.05) is 24.5 Å². The molecule has 0 saturated carbocycles. The summed E-state index contributed by atoms with van der Waals surface area (Å²) >= 11 is 0. The minimum absolute atomic E-state index is 0.0113. The van der Waals surface area contributed by atoms with Crippen LogP contribution in [0.2, 0.25) is 36.3 Å². The van der Waals surface area contributed by atoms with Crippen LogP contribution in [0.25, 0.3) is 21.6 Å². The van der Waals surface area contributed by atoms with Crippen molar-refractivity contribution < 1.29 is 70.5 Å². The van der Waals surface area contributed by atoms with Crippen LogP contribution in [-0.2, 0) is 70.5 Å². The molecule has 0 aliphatic carbocycles. The third kappa shape index (κ3) is 24.3. The molecular formula is C47H88N8O15Si2. The van der Waals surface area contributed by atoms with Crippen LogP contribution in [0.3, 0.4) is 0 Å². The molecule has 0 unspecified atom stereocenters. The van der Waals surface area contributed by atoms with Gasteiger partial charge in [0.25, 0.3) is 0 Å². The first kappa shape index (κ1) is 63.5. The number of nitrogens with two attached hydrogens (primary N) is 1. The van der Waals surface area contributed by atoms with Crippen LogP contribution in [0, 0.1) is 0 Å². The summed E-state index contributed by atoms with van der Waals surface area (Å²) in [6.07, 6.45) is 1.43. The molecule has 25 heteroatoms. The normalized spacial score (nSPS) is 17.8. The number of fused-ring (bicyclic) bond motifs is 1. The van der Waals surface area contributed by atoms with Gasteiger partial charge in [-0.1, -0.05) is 46.7 Å². The standard InChI is InChI=1S/C47H88N8O15Si2/c1-46(2,3)71(7,8)68-35-39-41(70-72(9,10)47(4,5)6)42(45(69-39)55-37-52-40-43(48)50-36-51-44(40)55)67-34-38(56)12-11-14-57-16-18-59-20-22-61-24-26-63-28-30-65-32-33-66-31-29-64-27-25-62-23-21-60-19-17-58-15-13-53-54-49/h36-37,39,41-42,45H,11-35H2,1-10H3,(H2,48,50,51)/t39-,41-,42-,45-/m1/s1. The monoisotopic (exact) mass is 1060 g/mol. The maximum atomic E-state index is 13.3. The van der Waals surface area contributed by atoms with E-state index in [1.165, 1.54) is 6.33 Å². The Hall–Kier alpha value is -2.80. The molecular weight excluding hydrogens is 973 g/mol. The summed E-state index contributed by atoms with van der Waals surface area (Å²) in [6.45, 7) is 31.5. The average molecular weight is 1060 g/mol. The molecule has 1 saturated heterocycles. The van der Waals surface area contributed by atoms with Gasteiger partial charge in [0.1, 0.15) is 36.8 Å². The molecule has 4 atom stereocenters. The highest BCUT2D eigenvalue weighted by Crippen LogP contribution is 2.44. The molecule has 3 rings (SSSR count). The average Bonchev–Trinajstić information content (AvgIpc) is 3.90. The van der Waals surface area contributed by atoms with Crippen molar-refractivity contribution >= 4 is 39.4 Å². The Kier molecular flexibility index (Phi) is 30.6. The van der Waals surface area contributed by atoms with Crippen molar-refractivity contribution in [2.75, 3.05) is 158 Å². The van der Waals surface area contributed by atoms with E-state index >= 15 is 0 Å². The molecule has 2 N–H and O–H groups in total. The van der Waals surface area contributed by atoms with Gasteiger partial charge in [-0.25, -0.2) is 15.0 Å². The van der Waals surface area contributed by atoms with Crippen LogP contribution in [0.5, 0.6) is 0 Å². The van der Waals surface area contributed by atoms with Gasteiger partial charge in [-0.3, -0.25) is 9.36 Å². The van der Waals surface area contributed by atoms with Crippen molar-refractivity contribution in [1.82, 2.24) is 19.5 Å². The number of ether oxygens (including phenoxy) is 12. The third-order valence-corrected chi connectivity index (χ3v) is 21.5. The number of hydrogen-bond acceptors (Lipinski definition) is 20. The molecule has 1 fully saturated rings. The molecule has 23 nitrogen and oxygen atoms in total. The van der Waals surface area contributed by atoms with Gasteiger partial charge in [-0.15, -0.1) is 0 Å². The lowest BCUT2D eigenvalue weighted by molar-refractivity contribution is -0.130. The summed E-state index contributed by atoms with van der Waals surface area (Å²) < 4.78 is 84.1. The predicted octanol–water partition coefficient (Wildman–Crippen LogP) is 5.93. The molecule has 0 aromatic carbocycles. The summed E-state index contributed by atoms with van der Waals surface area (Å²) in [5.74, 6) is 0.202. The minimum atomic E-state index is -2.38. The molecule has 0 radical (unpaired) electrons. The highest BCUT2D eigenvalue weighted by Gasteiger charge is 2.53. The first-order valence-corrected chi connectivity index (χ1v) is 31.0. The van der Waals surface area contributed by atoms with Crippen molar-refractivity contribution in [3.8, 4) is 0 Å². The fourth-order valence-corrected chi connectivity index (χ4v) is 8.66. The van der Waals surface area contributed by atoms with Crippen LogP contribution in [0.4, 0.5) is 5.82 Å². The highest BCUT2D eigenvalue weighted by molar-refractivity contribution is 6.74. The van der Waals surface area contributed by atoms with Gasteiger partial charge in [-0.05, 0) is 48.2 Å². The maximum absolute atomic E-state index is 13.3. The number of imidazole rings is 1. The lowest BCUT2D eigenvalue weighted by Gasteiger charge is -2.41. The number of Topliss-reactive ketones (excluding diaryl/α,β-unsaturated/α-hetero) is 1. The number of ketones is 1. The molecule has 2 aromatic rings. The van der Waals surface area contributed by atoms with Crippen LogP contribution >= 0.6 is 0 Å². The van der Waals surface area contributed by atoms with Crippen LogP contribution in [0.15, 0.2) is 17.8 Å². The van der Waals surface area contributed by atoms with E-state index in [2.05, 4.69) is 92.7 Å². The first-order valence-electron chi connectivity index (χ1n) is 25.2. The van der Waals surface area contributed by atoms with Crippen molar-refractivity contribution in [3.05, 3.63) is 23.1 Å². The summed E-state index contributed by atoms with van der Waals surface area (Å²) in [6, 6.07) is 0. The smallest absolute Gasteiger partial charge is 0.192 e. The van der Waals surface area contributed by atoms with Gasteiger partial charge in [0.2, 0.25) is 0 Å². The lowest BCUT2D eigenvalue weighted by atomic mass is 10.1. The molecule has 1 aliphatic rings. The number of anilines is 1. The minimum Gasteiger partial charge on any atom is -0.414 e. The number of aromatic nitrogens is 4. The number of rotatable bonds is 43. The van der Waals surface area contributed by atoms with E-state index in [1.54, 1.807) is 10.9 Å². The van der Waals surface area contributed by atoms with Gasteiger partial charge >= 0.3 is 0 Å². The van der Waals surface area contributed by atoms with Crippen molar-refractivity contribution in [2.24, 2.45) is 5.11 Å². The lowest BCUT2D eigenvalue weighted by Crippen LogP contribution is -2.51. The Morgan fingerprint density at radius 3 is 1.56 bits per heavy atom. The topological polar surface area (TPSA) is 265 Å². The molecule has 0 bridgehead atoms. The van der Waals surface area contributed by atoms with Crippen LogP contribution in [-0.4, -0.2) is 212 Å². The Labute approximate surface area is 429 Å². The zero-order valence-corrected chi connectivity index (χ0v) is 47.0. The summed E-state index contributed by atoms with van der Waals surface area (Å²) in [5.41, 5.74) is 15.3. The second-order valence-corrected chi connectivity index (χ2v) is 29.6.